The third-order valence-electron chi connectivity index (χ3n) is 3.56. The summed E-state index contributed by atoms with van der Waals surface area (Å²) >= 11 is 1.41. The number of carbonyl (C=O) groups is 2. The Hall–Kier alpha value is -1.40. The topological polar surface area (TPSA) is 69.6 Å². The van der Waals surface area contributed by atoms with Crippen LogP contribution in [-0.4, -0.2) is 47.1 Å². The smallest absolute Gasteiger partial charge is 0.261 e. The van der Waals surface area contributed by atoms with E-state index >= 15 is 0 Å². The Labute approximate surface area is 122 Å². The van der Waals surface area contributed by atoms with E-state index in [4.69, 9.17) is 0 Å². The second kappa shape index (κ2) is 5.93. The number of aryl methyl sites for hydroxylation is 1. The van der Waals surface area contributed by atoms with Gasteiger partial charge in [-0.25, -0.2) is 0 Å². The molecule has 1 aromatic rings. The van der Waals surface area contributed by atoms with Gasteiger partial charge in [0.2, 0.25) is 5.91 Å². The van der Waals surface area contributed by atoms with Crippen LogP contribution in [0.3, 0.4) is 0 Å². The second-order valence-electron chi connectivity index (χ2n) is 5.47. The minimum absolute atomic E-state index is 0.0118. The highest BCUT2D eigenvalue weighted by atomic mass is 32.1. The number of thiophene rings is 1. The van der Waals surface area contributed by atoms with Crippen molar-refractivity contribution in [2.24, 2.45) is 0 Å². The summed E-state index contributed by atoms with van der Waals surface area (Å²) in [6, 6.07) is 3.64. The lowest BCUT2D eigenvalue weighted by Gasteiger charge is -2.35. The van der Waals surface area contributed by atoms with Crippen LogP contribution in [0.5, 0.6) is 0 Å². The normalized spacial score (nSPS) is 17.9. The van der Waals surface area contributed by atoms with Crippen molar-refractivity contribution >= 4 is 23.2 Å². The Balaban J connectivity index is 1.79. The number of aliphatic hydroxyl groups is 1. The zero-order chi connectivity index (χ0) is 14.8. The molecule has 0 saturated carbocycles. The number of nitrogens with one attached hydrogen (secondary N) is 1. The van der Waals surface area contributed by atoms with Gasteiger partial charge in [-0.2, -0.15) is 0 Å². The number of carbonyl (C=O) groups excluding carboxylic acids is 2. The van der Waals surface area contributed by atoms with Crippen LogP contribution in [-0.2, 0) is 4.79 Å². The van der Waals surface area contributed by atoms with Crippen LogP contribution in [0, 0.1) is 6.92 Å². The Kier molecular flexibility index (Phi) is 4.45. The van der Waals surface area contributed by atoms with Gasteiger partial charge >= 0.3 is 0 Å². The van der Waals surface area contributed by atoms with Gasteiger partial charge in [0.15, 0.2) is 0 Å². The molecule has 1 fully saturated rings. The second-order valence-corrected chi connectivity index (χ2v) is 6.76. The van der Waals surface area contributed by atoms with E-state index in [2.05, 4.69) is 5.32 Å². The Bertz CT molecular complexity index is 500. The molecule has 1 aliphatic heterocycles. The van der Waals surface area contributed by atoms with Crippen molar-refractivity contribution in [2.45, 2.75) is 32.3 Å². The number of rotatable bonds is 3. The van der Waals surface area contributed by atoms with Crippen LogP contribution >= 0.6 is 11.3 Å². The number of likely N-dealkylation sites (tertiary alicyclic amines) is 1. The standard InChI is InChI=1S/C14H20N2O3S/c1-10-3-4-11(20-10)13(18)15-9-12(17)16-7-5-14(2,19)6-8-16/h3-4,19H,5-9H2,1-2H3,(H,15,18). The average molecular weight is 296 g/mol. The summed E-state index contributed by atoms with van der Waals surface area (Å²) < 4.78 is 0. The SMILES string of the molecule is Cc1ccc(C(=O)NCC(=O)N2CCC(C)(O)CC2)s1. The van der Waals surface area contributed by atoms with Crippen LogP contribution in [0.4, 0.5) is 0 Å². The van der Waals surface area contributed by atoms with Crippen LogP contribution in [0.25, 0.3) is 0 Å². The number of hydrogen-bond acceptors (Lipinski definition) is 4. The van der Waals surface area contributed by atoms with Crippen molar-refractivity contribution in [1.29, 1.82) is 0 Å². The van der Waals surface area contributed by atoms with Crippen molar-refractivity contribution in [2.75, 3.05) is 19.6 Å². The predicted molar refractivity (Wildman–Crippen MR) is 77.8 cm³/mol. The molecule has 0 atom stereocenters. The third kappa shape index (κ3) is 3.80. The molecule has 110 valence electrons. The molecular weight excluding hydrogens is 276 g/mol. The highest BCUT2D eigenvalue weighted by Gasteiger charge is 2.29. The first-order valence-corrected chi connectivity index (χ1v) is 7.54. The van der Waals surface area contributed by atoms with E-state index < -0.39 is 5.60 Å². The molecule has 0 unspecified atom stereocenters. The van der Waals surface area contributed by atoms with Crippen LogP contribution in [0.1, 0.15) is 34.3 Å². The predicted octanol–water partition coefficient (Wildman–Crippen LogP) is 1.16. The van der Waals surface area contributed by atoms with Crippen molar-refractivity contribution < 1.29 is 14.7 Å². The molecule has 5 nitrogen and oxygen atoms in total. The lowest BCUT2D eigenvalue weighted by atomic mass is 9.94. The van der Waals surface area contributed by atoms with E-state index in [1.807, 2.05) is 13.0 Å². The maximum atomic E-state index is 12.0. The minimum Gasteiger partial charge on any atom is -0.390 e. The quantitative estimate of drug-likeness (QED) is 0.879. The summed E-state index contributed by atoms with van der Waals surface area (Å²) in [4.78, 5) is 27.2. The number of hydrogen-bond donors (Lipinski definition) is 2. The zero-order valence-corrected chi connectivity index (χ0v) is 12.6. The van der Waals surface area contributed by atoms with Crippen molar-refractivity contribution in [3.05, 3.63) is 21.9 Å². The number of nitrogens with zero attached hydrogens (tertiary/aromatic N) is 1. The van der Waals surface area contributed by atoms with Crippen molar-refractivity contribution in [3.63, 3.8) is 0 Å². The molecule has 0 spiro atoms. The molecule has 2 N–H and O–H groups in total. The van der Waals surface area contributed by atoms with Gasteiger partial charge in [-0.05, 0) is 38.8 Å². The monoisotopic (exact) mass is 296 g/mol. The van der Waals surface area contributed by atoms with Crippen LogP contribution < -0.4 is 5.32 Å². The van der Waals surface area contributed by atoms with Crippen LogP contribution in [0.15, 0.2) is 12.1 Å². The van der Waals surface area contributed by atoms with E-state index in [1.54, 1.807) is 17.9 Å². The lowest BCUT2D eigenvalue weighted by Crippen LogP contribution is -2.48. The Morgan fingerprint density at radius 3 is 2.60 bits per heavy atom. The maximum absolute atomic E-state index is 12.0. The molecule has 0 aromatic carbocycles. The van der Waals surface area contributed by atoms with Gasteiger partial charge < -0.3 is 15.3 Å². The molecule has 0 aliphatic carbocycles. The van der Waals surface area contributed by atoms with E-state index in [0.717, 1.165) is 4.88 Å². The summed E-state index contributed by atoms with van der Waals surface area (Å²) in [5.41, 5.74) is -0.672. The molecule has 1 aliphatic rings. The van der Waals surface area contributed by atoms with Gasteiger partial charge in [0.05, 0.1) is 17.0 Å². The Morgan fingerprint density at radius 2 is 2.05 bits per heavy atom. The fourth-order valence-electron chi connectivity index (χ4n) is 2.15. The van der Waals surface area contributed by atoms with Gasteiger partial charge in [-0.1, -0.05) is 0 Å². The van der Waals surface area contributed by atoms with Gasteiger partial charge in [-0.3, -0.25) is 9.59 Å². The number of amides is 2. The van der Waals surface area contributed by atoms with Gasteiger partial charge in [0.25, 0.3) is 5.91 Å². The van der Waals surface area contributed by atoms with E-state index in [-0.39, 0.29) is 18.4 Å². The first-order valence-electron chi connectivity index (χ1n) is 6.72. The first kappa shape index (κ1) is 15.0. The largest absolute Gasteiger partial charge is 0.390 e. The fourth-order valence-corrected chi connectivity index (χ4v) is 2.93. The summed E-state index contributed by atoms with van der Waals surface area (Å²) in [5.74, 6) is -0.303. The molecule has 2 amide bonds. The Morgan fingerprint density at radius 1 is 1.40 bits per heavy atom. The fraction of sp³-hybridized carbons (Fsp3) is 0.571. The zero-order valence-electron chi connectivity index (χ0n) is 11.8. The molecule has 20 heavy (non-hydrogen) atoms. The molecule has 1 saturated heterocycles. The number of piperidine rings is 1. The summed E-state index contributed by atoms with van der Waals surface area (Å²) in [6.45, 7) is 4.82. The highest BCUT2D eigenvalue weighted by Crippen LogP contribution is 2.21. The first-order chi connectivity index (χ1) is 9.37. The third-order valence-corrected chi connectivity index (χ3v) is 4.56. The lowest BCUT2D eigenvalue weighted by molar-refractivity contribution is -0.133. The highest BCUT2D eigenvalue weighted by molar-refractivity contribution is 7.13. The van der Waals surface area contributed by atoms with E-state index in [1.165, 1.54) is 11.3 Å². The summed E-state index contributed by atoms with van der Waals surface area (Å²) in [6.07, 6.45) is 1.16. The van der Waals surface area contributed by atoms with E-state index in [9.17, 15) is 14.7 Å². The molecule has 2 rings (SSSR count). The van der Waals surface area contributed by atoms with Gasteiger partial charge in [-0.15, -0.1) is 11.3 Å². The van der Waals surface area contributed by atoms with Gasteiger partial charge in [0.1, 0.15) is 0 Å². The minimum atomic E-state index is -0.672. The molecule has 0 bridgehead atoms. The summed E-state index contributed by atoms with van der Waals surface area (Å²) in [5, 5.41) is 12.5. The van der Waals surface area contributed by atoms with Gasteiger partial charge in [0, 0.05) is 18.0 Å². The molecule has 2 heterocycles. The average Bonchev–Trinajstić information content (AvgIpc) is 2.82. The molecule has 1 aromatic heterocycles. The van der Waals surface area contributed by atoms with E-state index in [0.29, 0.717) is 30.8 Å². The molecule has 6 heteroatoms. The molecule has 0 radical (unpaired) electrons. The van der Waals surface area contributed by atoms with Crippen molar-refractivity contribution in [1.82, 2.24) is 10.2 Å². The van der Waals surface area contributed by atoms with Crippen LogP contribution in [0.2, 0.25) is 0 Å². The van der Waals surface area contributed by atoms with Crippen molar-refractivity contribution in [3.8, 4) is 0 Å². The summed E-state index contributed by atoms with van der Waals surface area (Å²) in [7, 11) is 0. The molecular formula is C14H20N2O3S. The maximum Gasteiger partial charge on any atom is 0.261 e.